The Labute approximate surface area is 330 Å². The monoisotopic (exact) mass is 731 g/mol. The van der Waals surface area contributed by atoms with Crippen molar-refractivity contribution in [1.82, 2.24) is 0 Å². The maximum absolute atomic E-state index is 2.47. The number of benzene rings is 10. The van der Waals surface area contributed by atoms with Gasteiger partial charge in [0.1, 0.15) is 0 Å². The van der Waals surface area contributed by atoms with E-state index in [1.165, 1.54) is 96.6 Å². The fourth-order valence-electron chi connectivity index (χ4n) is 9.07. The van der Waals surface area contributed by atoms with E-state index in [9.17, 15) is 0 Å². The molecule has 1 nitrogen and oxygen atoms in total. The molecule has 2 heteroatoms. The van der Waals surface area contributed by atoms with Crippen molar-refractivity contribution in [2.75, 3.05) is 4.90 Å². The fourth-order valence-corrected chi connectivity index (χ4v) is 10.2. The van der Waals surface area contributed by atoms with Gasteiger partial charge in [-0.2, -0.15) is 0 Å². The van der Waals surface area contributed by atoms with Crippen LogP contribution in [0, 0.1) is 13.8 Å². The zero-order chi connectivity index (χ0) is 37.3. The molecule has 0 saturated carbocycles. The van der Waals surface area contributed by atoms with Crippen LogP contribution in [0.5, 0.6) is 0 Å². The average molecular weight is 732 g/mol. The summed E-state index contributed by atoms with van der Waals surface area (Å²) < 4.78 is 2.65. The van der Waals surface area contributed by atoms with Gasteiger partial charge in [0.15, 0.2) is 0 Å². The Bertz CT molecular complexity index is 3300. The lowest BCUT2D eigenvalue weighted by Gasteiger charge is -2.28. The molecule has 0 bridgehead atoms. The molecule has 0 N–H and O–H groups in total. The Kier molecular flexibility index (Phi) is 7.55. The summed E-state index contributed by atoms with van der Waals surface area (Å²) in [5, 5.41) is 12.7. The van der Waals surface area contributed by atoms with Crippen LogP contribution in [-0.2, 0) is 0 Å². The van der Waals surface area contributed by atoms with Crippen LogP contribution in [0.15, 0.2) is 188 Å². The molecule has 10 aromatic carbocycles. The second kappa shape index (κ2) is 12.9. The Morgan fingerprint density at radius 2 is 0.804 bits per heavy atom. The zero-order valence-corrected chi connectivity index (χ0v) is 32.1. The van der Waals surface area contributed by atoms with Gasteiger partial charge in [0.2, 0.25) is 0 Å². The van der Waals surface area contributed by atoms with Gasteiger partial charge in [-0.05, 0) is 140 Å². The summed E-state index contributed by atoms with van der Waals surface area (Å²) in [6, 6.07) is 69.8. The maximum atomic E-state index is 2.47. The van der Waals surface area contributed by atoms with Gasteiger partial charge in [0, 0.05) is 36.9 Å². The number of anilines is 3. The minimum atomic E-state index is 1.15. The molecule has 1 aromatic heterocycles. The quantitative estimate of drug-likeness (QED) is 0.159. The van der Waals surface area contributed by atoms with Crippen molar-refractivity contribution in [3.63, 3.8) is 0 Å². The Morgan fingerprint density at radius 3 is 1.41 bits per heavy atom. The first-order chi connectivity index (χ1) is 27.6. The minimum Gasteiger partial charge on any atom is -0.310 e. The standard InChI is InChI=1S/C54H37NS/c1-34-14-11-16-36(30-34)55(37-17-12-15-35(2)31-37)51-29-28-43(38-18-7-8-23-44(38)51)47-32-49-42-22-6-4-20-40(42)48(33-50(49)41-21-5-3-19-39(41)47)45-25-13-27-53-54(45)46-24-9-10-26-52(46)56-53/h3-33H,1-2H3. The molecule has 11 aromatic rings. The van der Waals surface area contributed by atoms with Gasteiger partial charge in [0.05, 0.1) is 5.69 Å². The zero-order valence-electron chi connectivity index (χ0n) is 31.3. The number of nitrogens with zero attached hydrogens (tertiary/aromatic N) is 1. The lowest BCUT2D eigenvalue weighted by atomic mass is 9.86. The molecular formula is C54H37NS. The molecular weight excluding hydrogens is 695 g/mol. The van der Waals surface area contributed by atoms with Crippen molar-refractivity contribution < 1.29 is 0 Å². The molecule has 0 aliphatic heterocycles. The topological polar surface area (TPSA) is 3.24 Å². The van der Waals surface area contributed by atoms with Crippen molar-refractivity contribution >= 4 is 91.7 Å². The molecule has 1 heterocycles. The molecule has 0 unspecified atom stereocenters. The molecule has 11 rings (SSSR count). The molecule has 0 spiro atoms. The second-order valence-corrected chi connectivity index (χ2v) is 16.1. The van der Waals surface area contributed by atoms with E-state index in [0.29, 0.717) is 0 Å². The third-order valence-electron chi connectivity index (χ3n) is 11.5. The molecule has 56 heavy (non-hydrogen) atoms. The lowest BCUT2D eigenvalue weighted by molar-refractivity contribution is 1.27. The highest BCUT2D eigenvalue weighted by molar-refractivity contribution is 7.25. The third kappa shape index (κ3) is 5.14. The van der Waals surface area contributed by atoms with E-state index in [4.69, 9.17) is 0 Å². The van der Waals surface area contributed by atoms with Crippen molar-refractivity contribution in [3.8, 4) is 22.3 Å². The molecule has 0 amide bonds. The summed E-state index contributed by atoms with van der Waals surface area (Å²) >= 11 is 1.88. The van der Waals surface area contributed by atoms with E-state index in [1.54, 1.807) is 0 Å². The molecule has 0 atom stereocenters. The SMILES string of the molecule is Cc1cccc(N(c2cccc(C)c2)c2ccc(-c3cc4c5ccccc5c(-c5cccc6sc7ccccc7c56)cc4c4ccccc34)c3ccccc23)c1. The normalized spacial score (nSPS) is 11.8. The maximum Gasteiger partial charge on any atom is 0.0540 e. The van der Waals surface area contributed by atoms with E-state index < -0.39 is 0 Å². The second-order valence-electron chi connectivity index (χ2n) is 15.0. The van der Waals surface area contributed by atoms with Gasteiger partial charge in [-0.1, -0.05) is 133 Å². The fraction of sp³-hybridized carbons (Fsp3) is 0.0370. The predicted molar refractivity (Wildman–Crippen MR) is 244 cm³/mol. The molecule has 0 radical (unpaired) electrons. The van der Waals surface area contributed by atoms with Gasteiger partial charge in [-0.25, -0.2) is 0 Å². The molecule has 0 fully saturated rings. The highest BCUT2D eigenvalue weighted by Crippen LogP contribution is 2.48. The number of aryl methyl sites for hydroxylation is 2. The number of hydrogen-bond acceptors (Lipinski definition) is 2. The largest absolute Gasteiger partial charge is 0.310 e. The molecule has 0 aliphatic rings. The molecule has 0 aliphatic carbocycles. The van der Waals surface area contributed by atoms with Crippen LogP contribution in [0.2, 0.25) is 0 Å². The van der Waals surface area contributed by atoms with Crippen molar-refractivity contribution in [1.29, 1.82) is 0 Å². The molecule has 0 saturated heterocycles. The average Bonchev–Trinajstić information content (AvgIpc) is 3.63. The van der Waals surface area contributed by atoms with E-state index in [-0.39, 0.29) is 0 Å². The van der Waals surface area contributed by atoms with E-state index in [2.05, 4.69) is 207 Å². The van der Waals surface area contributed by atoms with Crippen LogP contribution >= 0.6 is 11.3 Å². The summed E-state index contributed by atoms with van der Waals surface area (Å²) in [6.45, 7) is 4.34. The Hall–Kier alpha value is -6.74. The smallest absolute Gasteiger partial charge is 0.0540 e. The summed E-state index contributed by atoms with van der Waals surface area (Å²) in [4.78, 5) is 2.41. The summed E-state index contributed by atoms with van der Waals surface area (Å²) in [6.07, 6.45) is 0. The highest BCUT2D eigenvalue weighted by atomic mass is 32.1. The van der Waals surface area contributed by atoms with Crippen LogP contribution in [0.4, 0.5) is 17.1 Å². The summed E-state index contributed by atoms with van der Waals surface area (Å²) in [5.74, 6) is 0. The van der Waals surface area contributed by atoms with Gasteiger partial charge in [-0.15, -0.1) is 11.3 Å². The number of rotatable bonds is 5. The van der Waals surface area contributed by atoms with Crippen LogP contribution < -0.4 is 4.90 Å². The van der Waals surface area contributed by atoms with Crippen molar-refractivity contribution in [2.45, 2.75) is 13.8 Å². The van der Waals surface area contributed by atoms with Gasteiger partial charge in [0.25, 0.3) is 0 Å². The predicted octanol–water partition coefficient (Wildman–Crippen LogP) is 16.1. The number of fused-ring (bicyclic) bond motifs is 9. The van der Waals surface area contributed by atoms with Crippen molar-refractivity contribution in [3.05, 3.63) is 199 Å². The van der Waals surface area contributed by atoms with Gasteiger partial charge in [-0.3, -0.25) is 0 Å². The Morgan fingerprint density at radius 1 is 0.321 bits per heavy atom. The minimum absolute atomic E-state index is 1.15. The van der Waals surface area contributed by atoms with E-state index in [1.807, 2.05) is 11.3 Å². The number of thiophene rings is 1. The first-order valence-corrected chi connectivity index (χ1v) is 20.2. The first-order valence-electron chi connectivity index (χ1n) is 19.3. The van der Waals surface area contributed by atoms with Crippen molar-refractivity contribution in [2.24, 2.45) is 0 Å². The highest BCUT2D eigenvalue weighted by Gasteiger charge is 2.21. The van der Waals surface area contributed by atoms with Crippen LogP contribution in [-0.4, -0.2) is 0 Å². The summed E-state index contributed by atoms with van der Waals surface area (Å²) in [7, 11) is 0. The number of hydrogen-bond donors (Lipinski definition) is 0. The third-order valence-corrected chi connectivity index (χ3v) is 12.7. The van der Waals surface area contributed by atoms with E-state index >= 15 is 0 Å². The first kappa shape index (κ1) is 32.7. The van der Waals surface area contributed by atoms with E-state index in [0.717, 1.165) is 17.1 Å². The summed E-state index contributed by atoms with van der Waals surface area (Å²) in [5.41, 5.74) is 11.0. The van der Waals surface area contributed by atoms with Gasteiger partial charge < -0.3 is 4.90 Å². The lowest BCUT2D eigenvalue weighted by Crippen LogP contribution is -2.11. The van der Waals surface area contributed by atoms with Crippen LogP contribution in [0.3, 0.4) is 0 Å². The van der Waals surface area contributed by atoms with Crippen LogP contribution in [0.25, 0.3) is 85.5 Å². The van der Waals surface area contributed by atoms with Crippen LogP contribution in [0.1, 0.15) is 11.1 Å². The Balaban J connectivity index is 1.18. The van der Waals surface area contributed by atoms with Gasteiger partial charge >= 0.3 is 0 Å². The molecule has 264 valence electrons.